The Morgan fingerprint density at radius 1 is 1.21 bits per heavy atom. The van der Waals surface area contributed by atoms with Gasteiger partial charge >= 0.3 is 0 Å². The molecule has 1 atom stereocenters. The zero-order valence-corrected chi connectivity index (χ0v) is 16.5. The van der Waals surface area contributed by atoms with E-state index in [1.165, 1.54) is 0 Å². The van der Waals surface area contributed by atoms with E-state index in [0.717, 1.165) is 44.3 Å². The molecule has 1 aromatic rings. The second-order valence-corrected chi connectivity index (χ2v) is 7.91. The topological polar surface area (TPSA) is 124 Å². The van der Waals surface area contributed by atoms with Gasteiger partial charge in [0.15, 0.2) is 0 Å². The van der Waals surface area contributed by atoms with Crippen LogP contribution >= 0.6 is 0 Å². The number of aromatic nitrogens is 3. The van der Waals surface area contributed by atoms with Crippen molar-refractivity contribution in [2.24, 2.45) is 11.8 Å². The van der Waals surface area contributed by atoms with E-state index in [-0.39, 0.29) is 18.4 Å². The lowest BCUT2D eigenvalue weighted by Crippen LogP contribution is -2.41. The van der Waals surface area contributed by atoms with E-state index < -0.39 is 5.92 Å². The molecule has 1 unspecified atom stereocenters. The van der Waals surface area contributed by atoms with Crippen molar-refractivity contribution in [2.75, 3.05) is 31.0 Å². The van der Waals surface area contributed by atoms with Crippen LogP contribution in [0.5, 0.6) is 0 Å². The van der Waals surface area contributed by atoms with E-state index in [2.05, 4.69) is 25.8 Å². The molecule has 2 aliphatic rings. The average molecular weight is 391 g/mol. The smallest absolute Gasteiger partial charge is 0.246 e. The van der Waals surface area contributed by atoms with Crippen LogP contribution in [0.1, 0.15) is 56.7 Å². The molecule has 0 saturated heterocycles. The zero-order chi connectivity index (χ0) is 20.1. The van der Waals surface area contributed by atoms with Crippen LogP contribution in [0.25, 0.3) is 0 Å². The molecule has 10 heteroatoms. The van der Waals surface area contributed by atoms with Gasteiger partial charge in [-0.2, -0.15) is 15.0 Å². The highest BCUT2D eigenvalue weighted by molar-refractivity contribution is 5.80. The van der Waals surface area contributed by atoms with E-state index >= 15 is 0 Å². The lowest BCUT2D eigenvalue weighted by atomic mass is 9.92. The highest BCUT2D eigenvalue weighted by Crippen LogP contribution is 2.38. The molecule has 0 bridgehead atoms. The predicted octanol–water partition coefficient (Wildman–Crippen LogP) is 1.30. The first kappa shape index (κ1) is 20.2. The molecule has 28 heavy (non-hydrogen) atoms. The maximum absolute atomic E-state index is 12.7. The molecule has 1 aromatic heterocycles. The summed E-state index contributed by atoms with van der Waals surface area (Å²) < 4.78 is 0. The number of hydrazine groups is 1. The number of hydroxylamine groups is 2. The maximum Gasteiger partial charge on any atom is 0.246 e. The van der Waals surface area contributed by atoms with Gasteiger partial charge in [-0.3, -0.25) is 25.6 Å². The Kier molecular flexibility index (Phi) is 6.61. The number of nitrogens with zero attached hydrogens (tertiary/aromatic N) is 5. The Bertz CT molecular complexity index is 670. The number of carbonyl (C=O) groups excluding carboxylic acids is 2. The fourth-order valence-electron chi connectivity index (χ4n) is 3.56. The molecule has 2 aliphatic carbocycles. The zero-order valence-electron chi connectivity index (χ0n) is 16.5. The lowest BCUT2D eigenvalue weighted by Gasteiger charge is -2.22. The van der Waals surface area contributed by atoms with Crippen LogP contribution in [-0.2, 0) is 9.59 Å². The van der Waals surface area contributed by atoms with Gasteiger partial charge in [-0.05, 0) is 25.2 Å². The van der Waals surface area contributed by atoms with Gasteiger partial charge in [0.1, 0.15) is 5.82 Å². The van der Waals surface area contributed by atoms with Crippen molar-refractivity contribution in [3.8, 4) is 0 Å². The van der Waals surface area contributed by atoms with Gasteiger partial charge in [0.05, 0.1) is 12.5 Å². The number of hydrogen-bond acceptors (Lipinski definition) is 8. The van der Waals surface area contributed by atoms with Crippen LogP contribution < -0.4 is 15.8 Å². The van der Waals surface area contributed by atoms with Crippen LogP contribution in [0.4, 0.5) is 11.9 Å². The van der Waals surface area contributed by atoms with Gasteiger partial charge in [-0.1, -0.05) is 25.7 Å². The minimum Gasteiger partial charge on any atom is -0.347 e. The number of anilines is 2. The molecule has 0 aromatic carbocycles. The van der Waals surface area contributed by atoms with Crippen molar-refractivity contribution in [3.63, 3.8) is 0 Å². The number of amides is 2. The number of hydrogen-bond donors (Lipinski definition) is 3. The Hall–Kier alpha value is -2.49. The summed E-state index contributed by atoms with van der Waals surface area (Å²) in [5.74, 6) is 1.51. The van der Waals surface area contributed by atoms with Crippen molar-refractivity contribution < 1.29 is 14.8 Å². The quantitative estimate of drug-likeness (QED) is 0.310. The van der Waals surface area contributed by atoms with Crippen LogP contribution in [0.3, 0.4) is 0 Å². The Morgan fingerprint density at radius 3 is 2.54 bits per heavy atom. The summed E-state index contributed by atoms with van der Waals surface area (Å²) in [4.78, 5) is 38.4. The minimum atomic E-state index is -0.510. The van der Waals surface area contributed by atoms with E-state index in [0.29, 0.717) is 35.7 Å². The first-order valence-electron chi connectivity index (χ1n) is 9.86. The molecule has 10 nitrogen and oxygen atoms in total. The third kappa shape index (κ3) is 5.51. The molecule has 2 fully saturated rings. The third-order valence-electron chi connectivity index (χ3n) is 5.27. The molecular weight excluding hydrogens is 362 g/mol. The number of carbonyl (C=O) groups is 2. The highest BCUT2D eigenvalue weighted by Gasteiger charge is 2.29. The summed E-state index contributed by atoms with van der Waals surface area (Å²) in [6.45, 7) is -0.0407. The fraction of sp³-hybridized carbons (Fsp3) is 0.722. The van der Waals surface area contributed by atoms with Gasteiger partial charge in [-0.15, -0.1) is 0 Å². The van der Waals surface area contributed by atoms with Crippen molar-refractivity contribution in [1.82, 2.24) is 25.4 Å². The molecule has 2 saturated carbocycles. The summed E-state index contributed by atoms with van der Waals surface area (Å²) in [5, 5.41) is 10.1. The third-order valence-corrected chi connectivity index (χ3v) is 5.27. The first-order valence-corrected chi connectivity index (χ1v) is 9.86. The van der Waals surface area contributed by atoms with Crippen LogP contribution in [0.15, 0.2) is 0 Å². The predicted molar refractivity (Wildman–Crippen MR) is 103 cm³/mol. The average Bonchev–Trinajstić information content (AvgIpc) is 3.42. The van der Waals surface area contributed by atoms with E-state index in [4.69, 9.17) is 0 Å². The molecular formula is C18H29N7O3. The minimum absolute atomic E-state index is 0.0407. The second kappa shape index (κ2) is 9.13. The van der Waals surface area contributed by atoms with Gasteiger partial charge < -0.3 is 4.90 Å². The van der Waals surface area contributed by atoms with E-state index in [9.17, 15) is 14.8 Å². The van der Waals surface area contributed by atoms with Crippen molar-refractivity contribution in [2.45, 2.75) is 50.9 Å². The largest absolute Gasteiger partial charge is 0.347 e. The number of rotatable bonds is 10. The summed E-state index contributed by atoms with van der Waals surface area (Å²) in [6, 6.07) is 0. The second-order valence-electron chi connectivity index (χ2n) is 7.91. The molecule has 1 heterocycles. The first-order chi connectivity index (χ1) is 13.5. The Labute approximate surface area is 164 Å². The van der Waals surface area contributed by atoms with Gasteiger partial charge in [0.2, 0.25) is 24.2 Å². The standard InChI is InChI=1S/C18H29N7O3/c1-24(2)18-20-15(13-7-8-13)19-17(21-18)23-22-16(27)14(10-25(28)11-26)9-12-5-3-4-6-12/h11-14,28H,3-10H2,1-2H3,(H,22,27)(H,19,20,21,23). The van der Waals surface area contributed by atoms with Crippen molar-refractivity contribution in [1.29, 1.82) is 0 Å². The summed E-state index contributed by atoms with van der Waals surface area (Å²) in [6.07, 6.45) is 7.55. The molecule has 0 aliphatic heterocycles. The van der Waals surface area contributed by atoms with Crippen LogP contribution in [0, 0.1) is 11.8 Å². The molecule has 3 N–H and O–H groups in total. The summed E-state index contributed by atoms with van der Waals surface area (Å²) in [7, 11) is 3.70. The molecule has 0 spiro atoms. The SMILES string of the molecule is CN(C)c1nc(NNC(=O)C(CC2CCCC2)CN(O)C=O)nc(C2CC2)n1. The molecule has 3 rings (SSSR count). The Morgan fingerprint density at radius 2 is 1.93 bits per heavy atom. The van der Waals surface area contributed by atoms with Crippen molar-refractivity contribution in [3.05, 3.63) is 5.82 Å². The highest BCUT2D eigenvalue weighted by atomic mass is 16.5. The van der Waals surface area contributed by atoms with E-state index in [1.54, 1.807) is 4.90 Å². The molecule has 0 radical (unpaired) electrons. The van der Waals surface area contributed by atoms with Crippen molar-refractivity contribution >= 4 is 24.2 Å². The van der Waals surface area contributed by atoms with Crippen LogP contribution in [-0.4, -0.2) is 58.2 Å². The van der Waals surface area contributed by atoms with Gasteiger partial charge in [0, 0.05) is 20.0 Å². The molecule has 154 valence electrons. The number of nitrogens with one attached hydrogen (secondary N) is 2. The summed E-state index contributed by atoms with van der Waals surface area (Å²) in [5.41, 5.74) is 5.42. The van der Waals surface area contributed by atoms with Gasteiger partial charge in [-0.25, -0.2) is 5.06 Å². The lowest BCUT2D eigenvalue weighted by molar-refractivity contribution is -0.154. The molecule has 2 amide bonds. The van der Waals surface area contributed by atoms with Gasteiger partial charge in [0.25, 0.3) is 0 Å². The van der Waals surface area contributed by atoms with E-state index in [1.807, 2.05) is 14.1 Å². The Balaban J connectivity index is 1.64. The fourth-order valence-corrected chi connectivity index (χ4v) is 3.56. The van der Waals surface area contributed by atoms with Crippen LogP contribution in [0.2, 0.25) is 0 Å². The normalized spacial score (nSPS) is 17.8. The maximum atomic E-state index is 12.7. The summed E-state index contributed by atoms with van der Waals surface area (Å²) >= 11 is 0. The monoisotopic (exact) mass is 391 g/mol.